The molecular weight excluding hydrogens is 238 g/mol. The van der Waals surface area contributed by atoms with Crippen LogP contribution >= 0.6 is 0 Å². The topological polar surface area (TPSA) is 45.2 Å². The summed E-state index contributed by atoms with van der Waals surface area (Å²) in [5.74, 6) is 0.311. The summed E-state index contributed by atoms with van der Waals surface area (Å²) in [6.07, 6.45) is 4.58. The molecule has 0 radical (unpaired) electrons. The van der Waals surface area contributed by atoms with Crippen molar-refractivity contribution in [1.82, 2.24) is 15.2 Å². The number of nitrogens with zero attached hydrogens (tertiary/aromatic N) is 2. The van der Waals surface area contributed by atoms with Crippen LogP contribution in [0.4, 0.5) is 0 Å². The number of carbonyl (C=O) groups is 1. The molecular formula is C15H23N3O. The number of pyridine rings is 1. The van der Waals surface area contributed by atoms with Gasteiger partial charge >= 0.3 is 0 Å². The van der Waals surface area contributed by atoms with E-state index in [-0.39, 0.29) is 17.4 Å². The predicted molar refractivity (Wildman–Crippen MR) is 75.5 cm³/mol. The maximum Gasteiger partial charge on any atom is 0.224 e. The van der Waals surface area contributed by atoms with Gasteiger partial charge in [-0.3, -0.25) is 14.7 Å². The van der Waals surface area contributed by atoms with E-state index < -0.39 is 0 Å². The van der Waals surface area contributed by atoms with Crippen LogP contribution in [-0.4, -0.2) is 34.4 Å². The zero-order valence-electron chi connectivity index (χ0n) is 12.0. The number of amides is 1. The summed E-state index contributed by atoms with van der Waals surface area (Å²) >= 11 is 0. The van der Waals surface area contributed by atoms with Gasteiger partial charge in [-0.25, -0.2) is 0 Å². The molecule has 1 N–H and O–H groups in total. The maximum atomic E-state index is 12.1. The van der Waals surface area contributed by atoms with E-state index in [0.717, 1.165) is 26.1 Å². The molecule has 0 aromatic carbocycles. The minimum absolute atomic E-state index is 0.126. The van der Waals surface area contributed by atoms with E-state index >= 15 is 0 Å². The normalized spacial score (nSPS) is 20.5. The summed E-state index contributed by atoms with van der Waals surface area (Å²) in [7, 11) is 0. The fourth-order valence-electron chi connectivity index (χ4n) is 2.41. The lowest BCUT2D eigenvalue weighted by atomic mass is 10.0. The second-order valence-electron chi connectivity index (χ2n) is 6.32. The van der Waals surface area contributed by atoms with Gasteiger partial charge in [-0.05, 0) is 51.4 Å². The Morgan fingerprint density at radius 1 is 1.42 bits per heavy atom. The minimum atomic E-state index is -0.143. The first-order valence-corrected chi connectivity index (χ1v) is 6.87. The number of hydrogen-bond acceptors (Lipinski definition) is 3. The van der Waals surface area contributed by atoms with Crippen LogP contribution in [0, 0.1) is 5.92 Å². The third-order valence-corrected chi connectivity index (χ3v) is 3.30. The molecule has 0 saturated carbocycles. The third kappa shape index (κ3) is 4.31. The van der Waals surface area contributed by atoms with Gasteiger partial charge in [-0.1, -0.05) is 0 Å². The second-order valence-corrected chi connectivity index (χ2v) is 6.32. The molecule has 4 nitrogen and oxygen atoms in total. The average Bonchev–Trinajstić information content (AvgIpc) is 2.77. The maximum absolute atomic E-state index is 12.1. The summed E-state index contributed by atoms with van der Waals surface area (Å²) in [5.41, 5.74) is 1.11. The van der Waals surface area contributed by atoms with E-state index in [9.17, 15) is 4.79 Å². The van der Waals surface area contributed by atoms with E-state index in [1.807, 2.05) is 45.3 Å². The van der Waals surface area contributed by atoms with E-state index in [1.54, 1.807) is 0 Å². The van der Waals surface area contributed by atoms with Gasteiger partial charge in [-0.2, -0.15) is 0 Å². The molecule has 0 bridgehead atoms. The Hall–Kier alpha value is -1.42. The van der Waals surface area contributed by atoms with E-state index in [4.69, 9.17) is 0 Å². The molecule has 1 aliphatic heterocycles. The molecule has 1 amide bonds. The predicted octanol–water partition coefficient (Wildman–Crippen LogP) is 1.82. The molecule has 1 aromatic rings. The van der Waals surface area contributed by atoms with Gasteiger partial charge in [0, 0.05) is 31.0 Å². The van der Waals surface area contributed by atoms with Crippen molar-refractivity contribution in [3.05, 3.63) is 30.1 Å². The molecule has 0 spiro atoms. The Morgan fingerprint density at radius 3 is 2.74 bits per heavy atom. The first kappa shape index (κ1) is 14.0. The summed E-state index contributed by atoms with van der Waals surface area (Å²) in [5, 5.41) is 3.07. The number of hydrogen-bond donors (Lipinski definition) is 1. The van der Waals surface area contributed by atoms with Gasteiger partial charge in [0.25, 0.3) is 0 Å². The number of nitrogens with one attached hydrogen (secondary N) is 1. The van der Waals surface area contributed by atoms with Crippen molar-refractivity contribution >= 4 is 5.91 Å². The fraction of sp³-hybridized carbons (Fsp3) is 0.600. The molecule has 19 heavy (non-hydrogen) atoms. The van der Waals surface area contributed by atoms with Gasteiger partial charge < -0.3 is 5.32 Å². The van der Waals surface area contributed by atoms with Crippen molar-refractivity contribution in [3.8, 4) is 0 Å². The van der Waals surface area contributed by atoms with Gasteiger partial charge in [-0.15, -0.1) is 0 Å². The molecule has 1 aromatic heterocycles. The van der Waals surface area contributed by atoms with Gasteiger partial charge in [0.05, 0.1) is 5.92 Å². The monoisotopic (exact) mass is 261 g/mol. The van der Waals surface area contributed by atoms with Crippen LogP contribution in [0.3, 0.4) is 0 Å². The van der Waals surface area contributed by atoms with Crippen LogP contribution in [0.25, 0.3) is 0 Å². The zero-order chi connectivity index (χ0) is 13.9. The van der Waals surface area contributed by atoms with Crippen LogP contribution in [0.15, 0.2) is 24.5 Å². The molecule has 0 aliphatic carbocycles. The molecule has 2 rings (SSSR count). The van der Waals surface area contributed by atoms with Crippen LogP contribution in [0.5, 0.6) is 0 Å². The van der Waals surface area contributed by atoms with Crippen molar-refractivity contribution in [2.75, 3.05) is 13.1 Å². The second kappa shape index (κ2) is 5.70. The Labute approximate surface area is 115 Å². The molecule has 1 atom stereocenters. The Balaban J connectivity index is 1.85. The van der Waals surface area contributed by atoms with Gasteiger partial charge in [0.2, 0.25) is 5.91 Å². The number of aromatic nitrogens is 1. The minimum Gasteiger partial charge on any atom is -0.351 e. The lowest BCUT2D eigenvalue weighted by Crippen LogP contribution is -2.44. The van der Waals surface area contributed by atoms with Crippen molar-refractivity contribution in [3.63, 3.8) is 0 Å². The highest BCUT2D eigenvalue weighted by Crippen LogP contribution is 2.19. The molecule has 4 heteroatoms. The van der Waals surface area contributed by atoms with Crippen LogP contribution in [0.1, 0.15) is 32.8 Å². The lowest BCUT2D eigenvalue weighted by molar-refractivity contribution is -0.126. The lowest BCUT2D eigenvalue weighted by Gasteiger charge is -2.23. The quantitative estimate of drug-likeness (QED) is 0.902. The largest absolute Gasteiger partial charge is 0.351 e. The molecule has 1 unspecified atom stereocenters. The Kier molecular flexibility index (Phi) is 4.20. The van der Waals surface area contributed by atoms with Crippen molar-refractivity contribution in [1.29, 1.82) is 0 Å². The van der Waals surface area contributed by atoms with Crippen LogP contribution < -0.4 is 5.32 Å². The molecule has 2 heterocycles. The molecule has 1 saturated heterocycles. The fourth-order valence-corrected chi connectivity index (χ4v) is 2.41. The van der Waals surface area contributed by atoms with E-state index in [1.165, 1.54) is 5.56 Å². The van der Waals surface area contributed by atoms with E-state index in [0.29, 0.717) is 0 Å². The van der Waals surface area contributed by atoms with Gasteiger partial charge in [0.1, 0.15) is 0 Å². The Bertz CT molecular complexity index is 425. The smallest absolute Gasteiger partial charge is 0.224 e. The number of rotatable bonds is 3. The zero-order valence-corrected chi connectivity index (χ0v) is 12.0. The van der Waals surface area contributed by atoms with Gasteiger partial charge in [0.15, 0.2) is 0 Å². The van der Waals surface area contributed by atoms with Crippen molar-refractivity contribution in [2.45, 2.75) is 39.3 Å². The molecule has 1 fully saturated rings. The summed E-state index contributed by atoms with van der Waals surface area (Å²) in [6.45, 7) is 8.81. The highest BCUT2D eigenvalue weighted by molar-refractivity contribution is 5.79. The average molecular weight is 261 g/mol. The highest BCUT2D eigenvalue weighted by Gasteiger charge is 2.29. The Morgan fingerprint density at radius 2 is 2.11 bits per heavy atom. The number of likely N-dealkylation sites (tertiary alicyclic amines) is 1. The summed E-state index contributed by atoms with van der Waals surface area (Å²) in [6, 6.07) is 4.06. The summed E-state index contributed by atoms with van der Waals surface area (Å²) < 4.78 is 0. The third-order valence-electron chi connectivity index (χ3n) is 3.30. The van der Waals surface area contributed by atoms with Crippen molar-refractivity contribution < 1.29 is 4.79 Å². The SMILES string of the molecule is CC(C)(C)NC(=O)C1CCN(Cc2ccncc2)C1. The molecule has 1 aliphatic rings. The van der Waals surface area contributed by atoms with Crippen LogP contribution in [0.2, 0.25) is 0 Å². The van der Waals surface area contributed by atoms with E-state index in [2.05, 4.69) is 15.2 Å². The summed E-state index contributed by atoms with van der Waals surface area (Å²) in [4.78, 5) is 18.5. The highest BCUT2D eigenvalue weighted by atomic mass is 16.2. The first-order valence-electron chi connectivity index (χ1n) is 6.87. The van der Waals surface area contributed by atoms with Crippen molar-refractivity contribution in [2.24, 2.45) is 5.92 Å². The molecule has 104 valence electrons. The standard InChI is InChI=1S/C15H23N3O/c1-15(2,3)17-14(19)13-6-9-18(11-13)10-12-4-7-16-8-5-12/h4-5,7-8,13H,6,9-11H2,1-3H3,(H,17,19). The number of carbonyl (C=O) groups excluding carboxylic acids is 1. The van der Waals surface area contributed by atoms with Crippen LogP contribution in [-0.2, 0) is 11.3 Å². The first-order chi connectivity index (χ1) is 8.94.